The molecule has 0 aliphatic heterocycles. The normalized spacial score (nSPS) is 17.5. The highest BCUT2D eigenvalue weighted by atomic mass is 16.5. The summed E-state index contributed by atoms with van der Waals surface area (Å²) in [6, 6.07) is 0.609. The van der Waals surface area contributed by atoms with Gasteiger partial charge < -0.3 is 14.6 Å². The first kappa shape index (κ1) is 12.5. The third kappa shape index (κ3) is 3.51. The fraction of sp³-hybridized carbons (Fsp3) is 0.833. The molecule has 5 heteroatoms. The largest absolute Gasteiger partial charge is 0.383 e. The summed E-state index contributed by atoms with van der Waals surface area (Å²) in [6.07, 6.45) is 8.45. The van der Waals surface area contributed by atoms with Crippen molar-refractivity contribution < 1.29 is 4.74 Å². The van der Waals surface area contributed by atoms with Gasteiger partial charge in [0.2, 0.25) is 0 Å². The van der Waals surface area contributed by atoms with Gasteiger partial charge in [-0.05, 0) is 12.8 Å². The summed E-state index contributed by atoms with van der Waals surface area (Å²) in [6.45, 7) is 2.37. The van der Waals surface area contributed by atoms with Crippen LogP contribution in [-0.2, 0) is 11.3 Å². The maximum Gasteiger partial charge on any atom is 0.147 e. The van der Waals surface area contributed by atoms with Crippen LogP contribution in [0.5, 0.6) is 0 Å². The molecular weight excluding hydrogens is 216 g/mol. The van der Waals surface area contributed by atoms with Crippen molar-refractivity contribution in [1.82, 2.24) is 20.1 Å². The molecule has 1 aliphatic carbocycles. The van der Waals surface area contributed by atoms with Gasteiger partial charge >= 0.3 is 0 Å². The Balaban J connectivity index is 1.87. The summed E-state index contributed by atoms with van der Waals surface area (Å²) in [5.74, 6) is 1.05. The number of methoxy groups -OCH3 is 1. The molecule has 2 rings (SSSR count). The Kier molecular flexibility index (Phi) is 4.94. The predicted octanol–water partition coefficient (Wildman–Crippen LogP) is 1.52. The maximum absolute atomic E-state index is 5.00. The van der Waals surface area contributed by atoms with Crippen molar-refractivity contribution >= 4 is 0 Å². The molecule has 1 aromatic rings. The summed E-state index contributed by atoms with van der Waals surface area (Å²) in [5, 5.41) is 11.6. The number of hydrogen-bond donors (Lipinski definition) is 1. The molecule has 1 N–H and O–H groups in total. The molecule has 0 radical (unpaired) electrons. The zero-order valence-corrected chi connectivity index (χ0v) is 10.6. The van der Waals surface area contributed by atoms with Gasteiger partial charge in [-0.3, -0.25) is 0 Å². The van der Waals surface area contributed by atoms with E-state index in [1.165, 1.54) is 32.1 Å². The van der Waals surface area contributed by atoms with Gasteiger partial charge in [-0.25, -0.2) is 0 Å². The minimum atomic E-state index is 0.609. The number of ether oxygens (including phenoxy) is 1. The molecule has 5 nitrogen and oxygen atoms in total. The second-order valence-electron chi connectivity index (χ2n) is 4.62. The van der Waals surface area contributed by atoms with Crippen LogP contribution in [0.1, 0.15) is 44.0 Å². The van der Waals surface area contributed by atoms with Gasteiger partial charge in [0.1, 0.15) is 12.2 Å². The van der Waals surface area contributed by atoms with Crippen LogP contribution in [0.2, 0.25) is 0 Å². The van der Waals surface area contributed by atoms with Crippen molar-refractivity contribution in [1.29, 1.82) is 0 Å². The van der Waals surface area contributed by atoms with E-state index in [1.54, 1.807) is 7.11 Å². The zero-order chi connectivity index (χ0) is 11.9. The van der Waals surface area contributed by atoms with Gasteiger partial charge in [-0.1, -0.05) is 19.3 Å². The highest BCUT2D eigenvalue weighted by Crippen LogP contribution is 2.28. The van der Waals surface area contributed by atoms with Gasteiger partial charge in [0.15, 0.2) is 0 Å². The Morgan fingerprint density at radius 3 is 3.00 bits per heavy atom. The van der Waals surface area contributed by atoms with E-state index in [9.17, 15) is 0 Å². The lowest BCUT2D eigenvalue weighted by molar-refractivity contribution is 0.198. The fourth-order valence-electron chi connectivity index (χ4n) is 2.43. The van der Waals surface area contributed by atoms with Crippen molar-refractivity contribution in [2.75, 3.05) is 20.3 Å². The van der Waals surface area contributed by atoms with Crippen molar-refractivity contribution in [2.45, 2.75) is 44.7 Å². The summed E-state index contributed by atoms with van der Waals surface area (Å²) in [4.78, 5) is 0. The topological polar surface area (TPSA) is 52.0 Å². The number of rotatable bonds is 6. The smallest absolute Gasteiger partial charge is 0.147 e. The standard InChI is InChI=1S/C12H22N4O/c1-17-8-7-13-9-12-15-14-10-16(12)11-5-3-2-4-6-11/h10-11,13H,2-9H2,1H3. The number of nitrogens with zero attached hydrogens (tertiary/aromatic N) is 3. The van der Waals surface area contributed by atoms with E-state index in [4.69, 9.17) is 4.74 Å². The van der Waals surface area contributed by atoms with Crippen molar-refractivity contribution in [3.63, 3.8) is 0 Å². The molecule has 0 bridgehead atoms. The SMILES string of the molecule is COCCNCc1nncn1C1CCCCC1. The lowest BCUT2D eigenvalue weighted by Crippen LogP contribution is -2.23. The summed E-state index contributed by atoms with van der Waals surface area (Å²) >= 11 is 0. The van der Waals surface area contributed by atoms with E-state index in [0.717, 1.165) is 25.5 Å². The monoisotopic (exact) mass is 238 g/mol. The molecule has 0 atom stereocenters. The van der Waals surface area contributed by atoms with Crippen molar-refractivity contribution in [3.8, 4) is 0 Å². The highest BCUT2D eigenvalue weighted by Gasteiger charge is 2.17. The molecular formula is C12H22N4O. The van der Waals surface area contributed by atoms with Crippen LogP contribution >= 0.6 is 0 Å². The minimum Gasteiger partial charge on any atom is -0.383 e. The Morgan fingerprint density at radius 2 is 2.24 bits per heavy atom. The molecule has 0 unspecified atom stereocenters. The Bertz CT molecular complexity index is 320. The minimum absolute atomic E-state index is 0.609. The van der Waals surface area contributed by atoms with E-state index in [0.29, 0.717) is 6.04 Å². The predicted molar refractivity (Wildman–Crippen MR) is 65.7 cm³/mol. The Labute approximate surface area is 103 Å². The quantitative estimate of drug-likeness (QED) is 0.763. The molecule has 0 amide bonds. The molecule has 96 valence electrons. The molecule has 0 aromatic carbocycles. The zero-order valence-electron chi connectivity index (χ0n) is 10.6. The average Bonchev–Trinajstić information content (AvgIpc) is 2.84. The molecule has 1 heterocycles. The van der Waals surface area contributed by atoms with E-state index in [2.05, 4.69) is 20.1 Å². The first-order valence-electron chi connectivity index (χ1n) is 6.50. The number of nitrogens with one attached hydrogen (secondary N) is 1. The van der Waals surface area contributed by atoms with E-state index in [-0.39, 0.29) is 0 Å². The molecule has 17 heavy (non-hydrogen) atoms. The second kappa shape index (κ2) is 6.71. The third-order valence-electron chi connectivity index (χ3n) is 3.38. The average molecular weight is 238 g/mol. The number of hydrogen-bond acceptors (Lipinski definition) is 4. The molecule has 0 saturated heterocycles. The fourth-order valence-corrected chi connectivity index (χ4v) is 2.43. The maximum atomic E-state index is 5.00. The van der Waals surface area contributed by atoms with Gasteiger partial charge in [0, 0.05) is 19.7 Å². The van der Waals surface area contributed by atoms with Gasteiger partial charge in [0.05, 0.1) is 13.2 Å². The van der Waals surface area contributed by atoms with Crippen LogP contribution in [0.4, 0.5) is 0 Å². The van der Waals surface area contributed by atoms with Gasteiger partial charge in [-0.15, -0.1) is 10.2 Å². The van der Waals surface area contributed by atoms with Crippen molar-refractivity contribution in [3.05, 3.63) is 12.2 Å². The van der Waals surface area contributed by atoms with E-state index >= 15 is 0 Å². The van der Waals surface area contributed by atoms with Crippen molar-refractivity contribution in [2.24, 2.45) is 0 Å². The molecule has 1 aliphatic rings. The third-order valence-corrected chi connectivity index (χ3v) is 3.38. The van der Waals surface area contributed by atoms with Gasteiger partial charge in [0.25, 0.3) is 0 Å². The van der Waals surface area contributed by atoms with Crippen LogP contribution in [0.3, 0.4) is 0 Å². The molecule has 0 spiro atoms. The summed E-state index contributed by atoms with van der Waals surface area (Å²) < 4.78 is 7.25. The lowest BCUT2D eigenvalue weighted by atomic mass is 9.95. The van der Waals surface area contributed by atoms with Crippen LogP contribution in [0.15, 0.2) is 6.33 Å². The molecule has 1 aromatic heterocycles. The van der Waals surface area contributed by atoms with Crippen LogP contribution < -0.4 is 5.32 Å². The van der Waals surface area contributed by atoms with E-state index < -0.39 is 0 Å². The Morgan fingerprint density at radius 1 is 1.41 bits per heavy atom. The Hall–Kier alpha value is -0.940. The first-order valence-corrected chi connectivity index (χ1v) is 6.50. The first-order chi connectivity index (χ1) is 8.42. The molecule has 1 fully saturated rings. The van der Waals surface area contributed by atoms with Crippen LogP contribution in [0, 0.1) is 0 Å². The number of aromatic nitrogens is 3. The summed E-state index contributed by atoms with van der Waals surface area (Å²) in [7, 11) is 1.71. The lowest BCUT2D eigenvalue weighted by Gasteiger charge is -2.24. The van der Waals surface area contributed by atoms with Gasteiger partial charge in [-0.2, -0.15) is 0 Å². The van der Waals surface area contributed by atoms with Crippen LogP contribution in [0.25, 0.3) is 0 Å². The highest BCUT2D eigenvalue weighted by molar-refractivity contribution is 4.90. The van der Waals surface area contributed by atoms with Crippen LogP contribution in [-0.4, -0.2) is 35.0 Å². The summed E-state index contributed by atoms with van der Waals surface area (Å²) in [5.41, 5.74) is 0. The van der Waals surface area contributed by atoms with E-state index in [1.807, 2.05) is 6.33 Å². The molecule has 1 saturated carbocycles. The second-order valence-corrected chi connectivity index (χ2v) is 4.62.